The highest BCUT2D eigenvalue weighted by atomic mass is 32.2. The van der Waals surface area contributed by atoms with Crippen LogP contribution >= 0.6 is 11.8 Å². The lowest BCUT2D eigenvalue weighted by atomic mass is 10.3. The number of nitrogens with one attached hydrogen (secondary N) is 1. The van der Waals surface area contributed by atoms with Gasteiger partial charge in [-0.2, -0.15) is 11.8 Å². The zero-order chi connectivity index (χ0) is 15.0. The molecular weight excluding hydrogens is 294 g/mol. The Morgan fingerprint density at radius 1 is 1.30 bits per heavy atom. The molecule has 1 rings (SSSR count). The minimum atomic E-state index is -3.24. The number of carbonyl (C=O) groups excluding carboxylic acids is 1. The summed E-state index contributed by atoms with van der Waals surface area (Å²) >= 11 is 1.34. The largest absolute Gasteiger partial charge is 0.353 e. The highest BCUT2D eigenvalue weighted by Crippen LogP contribution is 2.12. The summed E-state index contributed by atoms with van der Waals surface area (Å²) in [5.41, 5.74) is 0. The third kappa shape index (κ3) is 5.96. The molecule has 1 aromatic carbocycles. The van der Waals surface area contributed by atoms with Gasteiger partial charge in [-0.15, -0.1) is 0 Å². The second-order valence-corrected chi connectivity index (χ2v) is 7.78. The SMILES string of the molecule is CCC(C)NC(=O)CSCCS(=O)(=O)c1ccccc1. The van der Waals surface area contributed by atoms with Crippen molar-refractivity contribution in [1.82, 2.24) is 5.32 Å². The standard InChI is InChI=1S/C14H21NO3S2/c1-3-12(2)15-14(16)11-19-9-10-20(17,18)13-7-5-4-6-8-13/h4-8,12H,3,9-11H2,1-2H3,(H,15,16). The summed E-state index contributed by atoms with van der Waals surface area (Å²) in [5, 5.41) is 2.85. The van der Waals surface area contributed by atoms with E-state index in [0.29, 0.717) is 16.4 Å². The second-order valence-electron chi connectivity index (χ2n) is 4.56. The Morgan fingerprint density at radius 2 is 1.95 bits per heavy atom. The molecule has 4 nitrogen and oxygen atoms in total. The Labute approximate surface area is 125 Å². The maximum atomic E-state index is 12.0. The molecule has 0 fully saturated rings. The lowest BCUT2D eigenvalue weighted by molar-refractivity contribution is -0.119. The average molecular weight is 315 g/mol. The van der Waals surface area contributed by atoms with Crippen LogP contribution in [0.2, 0.25) is 0 Å². The molecule has 0 aromatic heterocycles. The van der Waals surface area contributed by atoms with E-state index in [-0.39, 0.29) is 17.7 Å². The number of rotatable bonds is 8. The van der Waals surface area contributed by atoms with E-state index in [9.17, 15) is 13.2 Å². The minimum absolute atomic E-state index is 0.0403. The monoisotopic (exact) mass is 315 g/mol. The number of amides is 1. The van der Waals surface area contributed by atoms with Gasteiger partial charge in [0.2, 0.25) is 5.91 Å². The first-order valence-electron chi connectivity index (χ1n) is 6.60. The van der Waals surface area contributed by atoms with Gasteiger partial charge in [-0.3, -0.25) is 4.79 Å². The fourth-order valence-corrected chi connectivity index (χ4v) is 4.07. The van der Waals surface area contributed by atoms with Crippen molar-refractivity contribution in [2.24, 2.45) is 0 Å². The fraction of sp³-hybridized carbons (Fsp3) is 0.500. The molecule has 0 bridgehead atoms. The van der Waals surface area contributed by atoms with Crippen LogP contribution < -0.4 is 5.32 Å². The first kappa shape index (κ1) is 17.0. The number of sulfone groups is 1. The van der Waals surface area contributed by atoms with E-state index in [1.165, 1.54) is 11.8 Å². The second kappa shape index (κ2) is 8.32. The van der Waals surface area contributed by atoms with Crippen LogP contribution in [0, 0.1) is 0 Å². The minimum Gasteiger partial charge on any atom is -0.353 e. The molecule has 1 N–H and O–H groups in total. The average Bonchev–Trinajstić information content (AvgIpc) is 2.44. The van der Waals surface area contributed by atoms with Crippen molar-refractivity contribution in [3.05, 3.63) is 30.3 Å². The predicted molar refractivity (Wildman–Crippen MR) is 83.7 cm³/mol. The Kier molecular flexibility index (Phi) is 7.09. The topological polar surface area (TPSA) is 63.2 Å². The van der Waals surface area contributed by atoms with Gasteiger partial charge in [0, 0.05) is 11.8 Å². The quantitative estimate of drug-likeness (QED) is 0.746. The van der Waals surface area contributed by atoms with E-state index < -0.39 is 9.84 Å². The summed E-state index contributed by atoms with van der Waals surface area (Å²) in [6.45, 7) is 3.95. The maximum Gasteiger partial charge on any atom is 0.230 e. The van der Waals surface area contributed by atoms with Crippen molar-refractivity contribution >= 4 is 27.5 Å². The molecule has 1 unspecified atom stereocenters. The molecule has 0 radical (unpaired) electrons. The molecule has 0 saturated heterocycles. The smallest absolute Gasteiger partial charge is 0.230 e. The van der Waals surface area contributed by atoms with Crippen molar-refractivity contribution in [2.45, 2.75) is 31.2 Å². The molecule has 1 aromatic rings. The summed E-state index contributed by atoms with van der Waals surface area (Å²) < 4.78 is 24.0. The van der Waals surface area contributed by atoms with Gasteiger partial charge in [0.15, 0.2) is 9.84 Å². The van der Waals surface area contributed by atoms with Gasteiger partial charge in [-0.05, 0) is 25.5 Å². The Morgan fingerprint density at radius 3 is 2.55 bits per heavy atom. The van der Waals surface area contributed by atoms with E-state index in [2.05, 4.69) is 5.32 Å². The molecule has 1 amide bonds. The Hall–Kier alpha value is -1.01. The van der Waals surface area contributed by atoms with Gasteiger partial charge in [0.25, 0.3) is 0 Å². The highest BCUT2D eigenvalue weighted by molar-refractivity contribution is 8.01. The number of thioether (sulfide) groups is 1. The van der Waals surface area contributed by atoms with Crippen molar-refractivity contribution < 1.29 is 13.2 Å². The van der Waals surface area contributed by atoms with Crippen LogP contribution in [0.15, 0.2) is 35.2 Å². The Balaban J connectivity index is 2.33. The number of hydrogen-bond acceptors (Lipinski definition) is 4. The maximum absolute atomic E-state index is 12.0. The van der Waals surface area contributed by atoms with Crippen LogP contribution in [0.1, 0.15) is 20.3 Å². The van der Waals surface area contributed by atoms with Crippen LogP contribution in [0.3, 0.4) is 0 Å². The van der Waals surface area contributed by atoms with Crippen molar-refractivity contribution in [3.8, 4) is 0 Å². The summed E-state index contributed by atoms with van der Waals surface area (Å²) in [6.07, 6.45) is 0.888. The van der Waals surface area contributed by atoms with Crippen LogP contribution in [-0.2, 0) is 14.6 Å². The molecule has 0 aliphatic carbocycles. The number of hydrogen-bond donors (Lipinski definition) is 1. The third-order valence-corrected chi connectivity index (χ3v) is 5.80. The number of carbonyl (C=O) groups is 1. The van der Waals surface area contributed by atoms with E-state index in [1.54, 1.807) is 30.3 Å². The van der Waals surface area contributed by atoms with Crippen LogP contribution in [0.4, 0.5) is 0 Å². The Bertz CT molecular complexity index is 514. The van der Waals surface area contributed by atoms with Gasteiger partial charge in [-0.25, -0.2) is 8.42 Å². The van der Waals surface area contributed by atoms with Gasteiger partial charge in [0.05, 0.1) is 16.4 Å². The first-order chi connectivity index (χ1) is 9.45. The van der Waals surface area contributed by atoms with Crippen molar-refractivity contribution in [2.75, 3.05) is 17.3 Å². The van der Waals surface area contributed by atoms with Gasteiger partial charge < -0.3 is 5.32 Å². The molecule has 112 valence electrons. The lowest BCUT2D eigenvalue weighted by Crippen LogP contribution is -2.33. The molecular formula is C14H21NO3S2. The third-order valence-electron chi connectivity index (χ3n) is 2.85. The highest BCUT2D eigenvalue weighted by Gasteiger charge is 2.14. The number of benzene rings is 1. The van der Waals surface area contributed by atoms with E-state index >= 15 is 0 Å². The molecule has 6 heteroatoms. The lowest BCUT2D eigenvalue weighted by Gasteiger charge is -2.10. The molecule has 0 aliphatic heterocycles. The first-order valence-corrected chi connectivity index (χ1v) is 9.41. The van der Waals surface area contributed by atoms with E-state index in [4.69, 9.17) is 0 Å². The van der Waals surface area contributed by atoms with Crippen molar-refractivity contribution in [1.29, 1.82) is 0 Å². The zero-order valence-electron chi connectivity index (χ0n) is 11.8. The van der Waals surface area contributed by atoms with Crippen LogP contribution in [-0.4, -0.2) is 37.6 Å². The normalized spacial score (nSPS) is 12.9. The van der Waals surface area contributed by atoms with Crippen molar-refractivity contribution in [3.63, 3.8) is 0 Å². The molecule has 0 saturated carbocycles. The molecule has 0 heterocycles. The summed E-state index contributed by atoms with van der Waals surface area (Å²) in [6, 6.07) is 8.55. The summed E-state index contributed by atoms with van der Waals surface area (Å²) in [7, 11) is -3.24. The summed E-state index contributed by atoms with van der Waals surface area (Å²) in [5.74, 6) is 0.736. The molecule has 1 atom stereocenters. The van der Waals surface area contributed by atoms with Crippen LogP contribution in [0.5, 0.6) is 0 Å². The van der Waals surface area contributed by atoms with E-state index in [1.807, 2.05) is 13.8 Å². The zero-order valence-corrected chi connectivity index (χ0v) is 13.5. The van der Waals surface area contributed by atoms with E-state index in [0.717, 1.165) is 6.42 Å². The van der Waals surface area contributed by atoms with Gasteiger partial charge >= 0.3 is 0 Å². The predicted octanol–water partition coefficient (Wildman–Crippen LogP) is 2.11. The molecule has 20 heavy (non-hydrogen) atoms. The van der Waals surface area contributed by atoms with Gasteiger partial charge in [-0.1, -0.05) is 25.1 Å². The molecule has 0 aliphatic rings. The van der Waals surface area contributed by atoms with Gasteiger partial charge in [0.1, 0.15) is 0 Å². The van der Waals surface area contributed by atoms with Crippen LogP contribution in [0.25, 0.3) is 0 Å². The fourth-order valence-electron chi connectivity index (χ4n) is 1.50. The molecule has 0 spiro atoms. The summed E-state index contributed by atoms with van der Waals surface area (Å²) in [4.78, 5) is 11.9.